The molecule has 126 valence electrons. The lowest BCUT2D eigenvalue weighted by molar-refractivity contribution is -0.133. The molecule has 1 saturated carbocycles. The van der Waals surface area contributed by atoms with Crippen LogP contribution in [0.4, 0.5) is 4.79 Å². The van der Waals surface area contributed by atoms with E-state index in [1.165, 1.54) is 4.90 Å². The Morgan fingerprint density at radius 1 is 1.42 bits per heavy atom. The Morgan fingerprint density at radius 3 is 2.92 bits per heavy atom. The molecule has 8 heteroatoms. The second-order valence-electron chi connectivity index (χ2n) is 6.61. The highest BCUT2D eigenvalue weighted by Crippen LogP contribution is 2.36. The predicted molar refractivity (Wildman–Crippen MR) is 87.1 cm³/mol. The number of carbonyl (C=O) groups excluding carboxylic acids is 2. The van der Waals surface area contributed by atoms with Crippen LogP contribution in [0.25, 0.3) is 11.4 Å². The molecular weight excluding hydrogens is 328 g/mol. The van der Waals surface area contributed by atoms with Gasteiger partial charge in [-0.15, -0.1) is 0 Å². The smallest absolute Gasteiger partial charge is 0.325 e. The van der Waals surface area contributed by atoms with Gasteiger partial charge in [-0.25, -0.2) is 4.79 Å². The van der Waals surface area contributed by atoms with Gasteiger partial charge in [0.2, 0.25) is 11.7 Å². The highest BCUT2D eigenvalue weighted by atomic mass is 32.1. The number of imide groups is 1. The van der Waals surface area contributed by atoms with Crippen LogP contribution in [0.2, 0.25) is 0 Å². The molecule has 1 aliphatic heterocycles. The number of hydrogen-bond donors (Lipinski definition) is 1. The molecule has 3 amide bonds. The van der Waals surface area contributed by atoms with Gasteiger partial charge in [-0.2, -0.15) is 16.3 Å². The highest BCUT2D eigenvalue weighted by Gasteiger charge is 2.52. The largest absolute Gasteiger partial charge is 0.337 e. The van der Waals surface area contributed by atoms with Crippen molar-refractivity contribution in [3.05, 3.63) is 22.7 Å². The third kappa shape index (κ3) is 2.50. The van der Waals surface area contributed by atoms with E-state index in [1.54, 1.807) is 11.3 Å². The van der Waals surface area contributed by atoms with Gasteiger partial charge >= 0.3 is 6.03 Å². The monoisotopic (exact) mass is 346 g/mol. The molecule has 1 N–H and O–H groups in total. The maximum absolute atomic E-state index is 12.8. The Kier molecular flexibility index (Phi) is 3.64. The van der Waals surface area contributed by atoms with Gasteiger partial charge in [0.25, 0.3) is 5.91 Å². The molecule has 1 spiro atoms. The van der Waals surface area contributed by atoms with Crippen LogP contribution in [0.3, 0.4) is 0 Å². The van der Waals surface area contributed by atoms with E-state index in [-0.39, 0.29) is 24.4 Å². The molecule has 0 radical (unpaired) electrons. The molecule has 0 unspecified atom stereocenters. The Balaban J connectivity index is 1.51. The number of amides is 3. The van der Waals surface area contributed by atoms with Crippen molar-refractivity contribution in [1.82, 2.24) is 20.4 Å². The van der Waals surface area contributed by atoms with E-state index in [1.807, 2.05) is 16.8 Å². The summed E-state index contributed by atoms with van der Waals surface area (Å²) in [7, 11) is 0. The fraction of sp³-hybridized carbons (Fsp3) is 0.500. The summed E-state index contributed by atoms with van der Waals surface area (Å²) in [5.41, 5.74) is 0.129. The van der Waals surface area contributed by atoms with Crippen LogP contribution in [0.1, 0.15) is 38.5 Å². The third-order valence-electron chi connectivity index (χ3n) is 4.91. The summed E-state index contributed by atoms with van der Waals surface area (Å²) in [6.07, 6.45) is 3.28. The second kappa shape index (κ2) is 5.70. The lowest BCUT2D eigenvalue weighted by Crippen LogP contribution is -2.49. The molecule has 0 atom stereocenters. The molecule has 4 rings (SSSR count). The molecule has 7 nitrogen and oxygen atoms in total. The molecule has 0 bridgehead atoms. The van der Waals surface area contributed by atoms with Crippen LogP contribution >= 0.6 is 11.3 Å². The standard InChI is InChI=1S/C16H18N4O3S/c1-10-2-5-16(6-3-10)14(21)20(15(22)18-16)8-12-17-13(19-23-12)11-4-7-24-9-11/h4,7,9-10H,2-3,5-6,8H2,1H3,(H,18,22). The van der Waals surface area contributed by atoms with Gasteiger partial charge in [-0.1, -0.05) is 12.1 Å². The summed E-state index contributed by atoms with van der Waals surface area (Å²) < 4.78 is 5.21. The average molecular weight is 346 g/mol. The van der Waals surface area contributed by atoms with E-state index in [4.69, 9.17) is 4.52 Å². The van der Waals surface area contributed by atoms with Crippen molar-refractivity contribution in [1.29, 1.82) is 0 Å². The van der Waals surface area contributed by atoms with E-state index in [0.29, 0.717) is 24.6 Å². The summed E-state index contributed by atoms with van der Waals surface area (Å²) >= 11 is 1.54. The molecule has 2 aliphatic rings. The number of aromatic nitrogens is 2. The van der Waals surface area contributed by atoms with Crippen LogP contribution in [-0.2, 0) is 11.3 Å². The quantitative estimate of drug-likeness (QED) is 0.863. The maximum atomic E-state index is 12.8. The van der Waals surface area contributed by atoms with Gasteiger partial charge in [0, 0.05) is 10.9 Å². The first-order valence-corrected chi connectivity index (χ1v) is 9.01. The Hall–Kier alpha value is -2.22. The predicted octanol–water partition coefficient (Wildman–Crippen LogP) is 2.80. The molecule has 2 aromatic heterocycles. The lowest BCUT2D eigenvalue weighted by Gasteiger charge is -2.33. The molecule has 2 fully saturated rings. The molecule has 2 aromatic rings. The number of nitrogens with one attached hydrogen (secondary N) is 1. The Morgan fingerprint density at radius 2 is 2.21 bits per heavy atom. The van der Waals surface area contributed by atoms with Crippen LogP contribution in [-0.4, -0.2) is 32.5 Å². The van der Waals surface area contributed by atoms with Gasteiger partial charge < -0.3 is 9.84 Å². The zero-order valence-electron chi connectivity index (χ0n) is 13.3. The fourth-order valence-corrected chi connectivity index (χ4v) is 4.01. The normalized spacial score (nSPS) is 27.0. The summed E-state index contributed by atoms with van der Waals surface area (Å²) in [6.45, 7) is 2.19. The van der Waals surface area contributed by atoms with Crippen LogP contribution in [0.15, 0.2) is 21.3 Å². The first-order valence-electron chi connectivity index (χ1n) is 8.07. The van der Waals surface area contributed by atoms with Gasteiger partial charge in [0.05, 0.1) is 0 Å². The average Bonchev–Trinajstić information content (AvgIpc) is 3.28. The van der Waals surface area contributed by atoms with Crippen LogP contribution in [0, 0.1) is 5.92 Å². The number of rotatable bonds is 3. The first kappa shape index (κ1) is 15.3. The van der Waals surface area contributed by atoms with Crippen molar-refractivity contribution in [2.45, 2.75) is 44.7 Å². The van der Waals surface area contributed by atoms with Gasteiger partial charge in [0.15, 0.2) is 0 Å². The number of urea groups is 1. The van der Waals surface area contributed by atoms with Crippen molar-refractivity contribution in [3.63, 3.8) is 0 Å². The molecule has 1 saturated heterocycles. The molecule has 0 aromatic carbocycles. The minimum Gasteiger partial charge on any atom is -0.337 e. The summed E-state index contributed by atoms with van der Waals surface area (Å²) in [5.74, 6) is 1.16. The zero-order chi connectivity index (χ0) is 16.7. The number of nitrogens with zero attached hydrogens (tertiary/aromatic N) is 3. The Labute approximate surface area is 143 Å². The van der Waals surface area contributed by atoms with Crippen molar-refractivity contribution >= 4 is 23.3 Å². The topological polar surface area (TPSA) is 88.3 Å². The van der Waals surface area contributed by atoms with Crippen LogP contribution in [0.5, 0.6) is 0 Å². The molecular formula is C16H18N4O3S. The van der Waals surface area contributed by atoms with E-state index in [0.717, 1.165) is 18.4 Å². The second-order valence-corrected chi connectivity index (χ2v) is 7.39. The highest BCUT2D eigenvalue weighted by molar-refractivity contribution is 7.08. The number of hydrogen-bond acceptors (Lipinski definition) is 6. The Bertz CT molecular complexity index is 762. The summed E-state index contributed by atoms with van der Waals surface area (Å²) in [6, 6.07) is 1.52. The molecule has 3 heterocycles. The van der Waals surface area contributed by atoms with E-state index < -0.39 is 5.54 Å². The maximum Gasteiger partial charge on any atom is 0.325 e. The SMILES string of the molecule is CC1CCC2(CC1)NC(=O)N(Cc1nc(-c3ccsc3)no1)C2=O. The van der Waals surface area contributed by atoms with Crippen molar-refractivity contribution in [3.8, 4) is 11.4 Å². The third-order valence-corrected chi connectivity index (χ3v) is 5.60. The van der Waals surface area contributed by atoms with Crippen molar-refractivity contribution < 1.29 is 14.1 Å². The van der Waals surface area contributed by atoms with Crippen molar-refractivity contribution in [2.24, 2.45) is 5.92 Å². The number of thiophene rings is 1. The first-order chi connectivity index (χ1) is 11.6. The molecule has 24 heavy (non-hydrogen) atoms. The fourth-order valence-electron chi connectivity index (χ4n) is 3.38. The van der Waals surface area contributed by atoms with E-state index in [9.17, 15) is 9.59 Å². The van der Waals surface area contributed by atoms with Crippen LogP contribution < -0.4 is 5.32 Å². The van der Waals surface area contributed by atoms with Crippen molar-refractivity contribution in [2.75, 3.05) is 0 Å². The molecule has 1 aliphatic carbocycles. The zero-order valence-corrected chi connectivity index (χ0v) is 14.1. The van der Waals surface area contributed by atoms with Gasteiger partial charge in [0.1, 0.15) is 12.1 Å². The lowest BCUT2D eigenvalue weighted by atomic mass is 9.77. The minimum absolute atomic E-state index is 0.0130. The summed E-state index contributed by atoms with van der Waals surface area (Å²) in [4.78, 5) is 30.6. The van der Waals surface area contributed by atoms with E-state index >= 15 is 0 Å². The number of carbonyl (C=O) groups is 2. The minimum atomic E-state index is -0.736. The van der Waals surface area contributed by atoms with Gasteiger partial charge in [-0.05, 0) is 43.0 Å². The van der Waals surface area contributed by atoms with E-state index in [2.05, 4.69) is 22.4 Å². The van der Waals surface area contributed by atoms with Gasteiger partial charge in [-0.3, -0.25) is 9.69 Å². The summed E-state index contributed by atoms with van der Waals surface area (Å²) in [5, 5.41) is 10.7.